The number of carbonyl (C=O) groups is 2. The number of aromatic nitrogens is 2. The average Bonchev–Trinajstić information content (AvgIpc) is 3.19. The topological polar surface area (TPSA) is 98.6 Å². The van der Waals surface area contributed by atoms with Gasteiger partial charge >= 0.3 is 5.97 Å². The fraction of sp³-hybridized carbons (Fsp3) is 0.296. The Hall–Kier alpha value is -3.56. The Morgan fingerprint density at radius 2 is 1.64 bits per heavy atom. The highest BCUT2D eigenvalue weighted by atomic mass is 32.2. The number of ether oxygens (including phenoxy) is 1. The van der Waals surface area contributed by atoms with Gasteiger partial charge in [-0.1, -0.05) is 24.6 Å². The van der Waals surface area contributed by atoms with E-state index in [2.05, 4.69) is 5.10 Å². The molecular weight excluding hydrogens is 478 g/mol. The molecule has 0 radical (unpaired) electrons. The number of hydrogen-bond acceptors (Lipinski definition) is 6. The second-order valence-electron chi connectivity index (χ2n) is 8.69. The third-order valence-corrected chi connectivity index (χ3v) is 8.12. The molecule has 0 atom stereocenters. The number of carbonyl (C=O) groups excluding carboxylic acids is 2. The van der Waals surface area contributed by atoms with Crippen molar-refractivity contribution in [1.82, 2.24) is 14.1 Å². The summed E-state index contributed by atoms with van der Waals surface area (Å²) in [4.78, 5) is 24.9. The van der Waals surface area contributed by atoms with Crippen molar-refractivity contribution in [2.45, 2.75) is 38.0 Å². The maximum Gasteiger partial charge on any atom is 0.331 e. The van der Waals surface area contributed by atoms with Crippen LogP contribution in [0, 0.1) is 13.8 Å². The van der Waals surface area contributed by atoms with E-state index in [4.69, 9.17) is 4.74 Å². The van der Waals surface area contributed by atoms with Gasteiger partial charge in [0, 0.05) is 36.0 Å². The fourth-order valence-electron chi connectivity index (χ4n) is 4.20. The van der Waals surface area contributed by atoms with E-state index in [1.54, 1.807) is 10.8 Å². The zero-order chi connectivity index (χ0) is 25.7. The Balaban J connectivity index is 1.35. The van der Waals surface area contributed by atoms with E-state index in [9.17, 15) is 18.0 Å². The Labute approximate surface area is 211 Å². The van der Waals surface area contributed by atoms with Crippen molar-refractivity contribution < 1.29 is 22.7 Å². The molecule has 1 saturated heterocycles. The monoisotopic (exact) mass is 507 g/mol. The van der Waals surface area contributed by atoms with Crippen molar-refractivity contribution in [3.05, 3.63) is 83.2 Å². The molecule has 3 aromatic rings. The largest absolute Gasteiger partial charge is 0.454 e. The molecule has 0 spiro atoms. The molecule has 1 aliphatic heterocycles. The molecule has 0 aliphatic carbocycles. The first kappa shape index (κ1) is 25.5. The van der Waals surface area contributed by atoms with Gasteiger partial charge < -0.3 is 4.74 Å². The van der Waals surface area contributed by atoms with Gasteiger partial charge in [0.1, 0.15) is 0 Å². The highest BCUT2D eigenvalue weighted by Gasteiger charge is 2.26. The van der Waals surface area contributed by atoms with Crippen LogP contribution in [-0.2, 0) is 19.6 Å². The summed E-state index contributed by atoms with van der Waals surface area (Å²) >= 11 is 0. The molecule has 2 heterocycles. The van der Waals surface area contributed by atoms with Gasteiger partial charge in [0.2, 0.25) is 10.0 Å². The van der Waals surface area contributed by atoms with Gasteiger partial charge in [0.05, 0.1) is 16.3 Å². The van der Waals surface area contributed by atoms with Crippen molar-refractivity contribution in [1.29, 1.82) is 0 Å². The molecule has 0 unspecified atom stereocenters. The standard InChI is InChI=1S/C27H29N3O5S/c1-20-25(21(2)30(28-20)23-9-5-3-6-10-23)15-16-27(32)35-19-26(31)22-11-13-24(14-12-22)36(33,34)29-17-7-4-8-18-29/h3,5-6,9-16H,4,7-8,17-19H2,1-2H3/b16-15+. The van der Waals surface area contributed by atoms with E-state index in [-0.39, 0.29) is 10.5 Å². The summed E-state index contributed by atoms with van der Waals surface area (Å²) in [6.07, 6.45) is 5.64. The molecule has 1 aromatic heterocycles. The van der Waals surface area contributed by atoms with E-state index in [1.165, 1.54) is 34.6 Å². The number of piperidine rings is 1. The van der Waals surface area contributed by atoms with E-state index < -0.39 is 28.4 Å². The summed E-state index contributed by atoms with van der Waals surface area (Å²) in [6, 6.07) is 15.4. The first-order valence-electron chi connectivity index (χ1n) is 11.9. The van der Waals surface area contributed by atoms with Crippen LogP contribution in [0.15, 0.2) is 65.6 Å². The van der Waals surface area contributed by atoms with Crippen LogP contribution in [0.1, 0.15) is 46.6 Å². The summed E-state index contributed by atoms with van der Waals surface area (Å²) in [5.41, 5.74) is 3.63. The quantitative estimate of drug-likeness (QED) is 0.259. The molecule has 0 N–H and O–H groups in total. The summed E-state index contributed by atoms with van der Waals surface area (Å²) in [5.74, 6) is -1.07. The number of ketones is 1. The molecule has 188 valence electrons. The summed E-state index contributed by atoms with van der Waals surface area (Å²) in [7, 11) is -3.57. The van der Waals surface area contributed by atoms with Gasteiger partial charge in [-0.15, -0.1) is 0 Å². The lowest BCUT2D eigenvalue weighted by atomic mass is 10.1. The van der Waals surface area contributed by atoms with Gasteiger partial charge in [-0.2, -0.15) is 9.40 Å². The second kappa shape index (κ2) is 11.0. The van der Waals surface area contributed by atoms with E-state index in [1.807, 2.05) is 44.2 Å². The van der Waals surface area contributed by atoms with Crippen molar-refractivity contribution >= 4 is 27.9 Å². The number of rotatable bonds is 8. The average molecular weight is 508 g/mol. The van der Waals surface area contributed by atoms with Crippen LogP contribution in [-0.4, -0.2) is 54.0 Å². The Morgan fingerprint density at radius 1 is 0.972 bits per heavy atom. The van der Waals surface area contributed by atoms with Crippen molar-refractivity contribution in [2.24, 2.45) is 0 Å². The fourth-order valence-corrected chi connectivity index (χ4v) is 5.72. The zero-order valence-electron chi connectivity index (χ0n) is 20.4. The maximum atomic E-state index is 12.8. The first-order chi connectivity index (χ1) is 17.3. The number of benzene rings is 2. The number of aryl methyl sites for hydroxylation is 1. The normalized spacial score (nSPS) is 14.7. The summed E-state index contributed by atoms with van der Waals surface area (Å²) < 4.78 is 33.9. The Kier molecular flexibility index (Phi) is 7.81. The Bertz CT molecular complexity index is 1370. The molecule has 9 heteroatoms. The van der Waals surface area contributed by atoms with Crippen molar-refractivity contribution in [2.75, 3.05) is 19.7 Å². The number of sulfonamides is 1. The van der Waals surface area contributed by atoms with E-state index in [0.29, 0.717) is 13.1 Å². The first-order valence-corrected chi connectivity index (χ1v) is 13.3. The number of hydrogen-bond donors (Lipinski definition) is 0. The zero-order valence-corrected chi connectivity index (χ0v) is 21.2. The molecular formula is C27H29N3O5S. The predicted octanol–water partition coefficient (Wildman–Crippen LogP) is 4.10. The molecule has 36 heavy (non-hydrogen) atoms. The lowest BCUT2D eigenvalue weighted by Gasteiger charge is -2.25. The summed E-state index contributed by atoms with van der Waals surface area (Å²) in [5, 5.41) is 4.54. The molecule has 4 rings (SSSR count). The molecule has 1 fully saturated rings. The van der Waals surface area contributed by atoms with Crippen LogP contribution >= 0.6 is 0 Å². The van der Waals surface area contributed by atoms with Crippen LogP contribution in [0.5, 0.6) is 0 Å². The molecule has 1 aliphatic rings. The van der Waals surface area contributed by atoms with Crippen LogP contribution in [0.3, 0.4) is 0 Å². The minimum absolute atomic E-state index is 0.155. The van der Waals surface area contributed by atoms with Crippen LogP contribution in [0.4, 0.5) is 0 Å². The number of para-hydroxylation sites is 1. The van der Waals surface area contributed by atoms with E-state index >= 15 is 0 Å². The number of Topliss-reactive ketones (excluding diaryl/α,β-unsaturated/α-hetero) is 1. The minimum Gasteiger partial charge on any atom is -0.454 e. The van der Waals surface area contributed by atoms with Crippen LogP contribution in [0.25, 0.3) is 11.8 Å². The highest BCUT2D eigenvalue weighted by molar-refractivity contribution is 7.89. The lowest BCUT2D eigenvalue weighted by Crippen LogP contribution is -2.35. The summed E-state index contributed by atoms with van der Waals surface area (Å²) in [6.45, 7) is 4.35. The van der Waals surface area contributed by atoms with Gasteiger partial charge in [-0.05, 0) is 69.2 Å². The van der Waals surface area contributed by atoms with Gasteiger partial charge in [-0.3, -0.25) is 4.79 Å². The molecule has 0 amide bonds. The Morgan fingerprint density at radius 3 is 2.31 bits per heavy atom. The number of nitrogens with zero attached hydrogens (tertiary/aromatic N) is 3. The number of esters is 1. The molecule has 2 aromatic carbocycles. The van der Waals surface area contributed by atoms with Crippen LogP contribution in [0.2, 0.25) is 0 Å². The third kappa shape index (κ3) is 5.63. The molecule has 8 nitrogen and oxygen atoms in total. The van der Waals surface area contributed by atoms with Gasteiger partial charge in [-0.25, -0.2) is 17.9 Å². The van der Waals surface area contributed by atoms with Crippen molar-refractivity contribution in [3.8, 4) is 5.69 Å². The van der Waals surface area contributed by atoms with Crippen molar-refractivity contribution in [3.63, 3.8) is 0 Å². The minimum atomic E-state index is -3.57. The van der Waals surface area contributed by atoms with Crippen LogP contribution < -0.4 is 0 Å². The molecule has 0 saturated carbocycles. The molecule has 0 bridgehead atoms. The lowest BCUT2D eigenvalue weighted by molar-refractivity contribution is -0.136. The predicted molar refractivity (Wildman–Crippen MR) is 136 cm³/mol. The van der Waals surface area contributed by atoms with Gasteiger partial charge in [0.25, 0.3) is 0 Å². The second-order valence-corrected chi connectivity index (χ2v) is 10.6. The SMILES string of the molecule is Cc1nn(-c2ccccc2)c(C)c1/C=C/C(=O)OCC(=O)c1ccc(S(=O)(=O)N2CCCCC2)cc1. The smallest absolute Gasteiger partial charge is 0.331 e. The highest BCUT2D eigenvalue weighted by Crippen LogP contribution is 2.21. The van der Waals surface area contributed by atoms with E-state index in [0.717, 1.165) is 41.9 Å². The van der Waals surface area contributed by atoms with Gasteiger partial charge in [0.15, 0.2) is 12.4 Å². The third-order valence-electron chi connectivity index (χ3n) is 6.21. The maximum absolute atomic E-state index is 12.8.